The zero-order valence-corrected chi connectivity index (χ0v) is 37.5. The number of ether oxygens (including phenoxy) is 8. The fourth-order valence-electron chi connectivity index (χ4n) is 7.34. The fraction of sp³-hybridized carbons (Fsp3) is 0.241. The highest BCUT2D eigenvalue weighted by molar-refractivity contribution is 5.91. The van der Waals surface area contributed by atoms with Crippen molar-refractivity contribution >= 4 is 29.8 Å². The van der Waals surface area contributed by atoms with Crippen molar-refractivity contribution in [1.29, 1.82) is 0 Å². The largest absolute Gasteiger partial charge is 0.494 e. The van der Waals surface area contributed by atoms with Gasteiger partial charge in [-0.2, -0.15) is 0 Å². The molecular weight excluding hydrogens is 876 g/mol. The van der Waals surface area contributed by atoms with E-state index >= 15 is 4.39 Å². The van der Waals surface area contributed by atoms with Crippen molar-refractivity contribution in [2.24, 2.45) is 0 Å². The molecule has 6 aromatic rings. The summed E-state index contributed by atoms with van der Waals surface area (Å²) in [4.78, 5) is 68.0. The van der Waals surface area contributed by atoms with Gasteiger partial charge in [-0.1, -0.05) is 91.9 Å². The van der Waals surface area contributed by atoms with Crippen molar-refractivity contribution in [3.63, 3.8) is 0 Å². The van der Waals surface area contributed by atoms with Gasteiger partial charge in [-0.25, -0.2) is 23.6 Å². The normalized spacial score (nSPS) is 18.0. The van der Waals surface area contributed by atoms with Gasteiger partial charge in [0.25, 0.3) is 0 Å². The molecule has 350 valence electrons. The van der Waals surface area contributed by atoms with E-state index in [0.29, 0.717) is 17.9 Å². The van der Waals surface area contributed by atoms with E-state index in [1.165, 1.54) is 62.4 Å². The van der Waals surface area contributed by atoms with Crippen molar-refractivity contribution < 1.29 is 66.3 Å². The molecule has 68 heavy (non-hydrogen) atoms. The Balaban J connectivity index is 1.37. The lowest BCUT2D eigenvalue weighted by Gasteiger charge is -2.45. The van der Waals surface area contributed by atoms with Crippen molar-refractivity contribution in [2.45, 2.75) is 77.0 Å². The molecule has 0 aliphatic carbocycles. The number of halogens is 1. The van der Waals surface area contributed by atoms with Crippen LogP contribution in [-0.4, -0.2) is 73.3 Å². The van der Waals surface area contributed by atoms with Crippen LogP contribution >= 0.6 is 0 Å². The summed E-state index contributed by atoms with van der Waals surface area (Å²) in [5, 5.41) is 0. The molecule has 1 heterocycles. The van der Waals surface area contributed by atoms with Crippen LogP contribution < -0.4 is 9.47 Å². The summed E-state index contributed by atoms with van der Waals surface area (Å²) in [6.45, 7) is 4.85. The average molecular weight is 925 g/mol. The first-order valence-electron chi connectivity index (χ1n) is 22.0. The molecule has 1 saturated heterocycles. The van der Waals surface area contributed by atoms with Crippen molar-refractivity contribution in [2.75, 3.05) is 6.61 Å². The van der Waals surface area contributed by atoms with Crippen LogP contribution in [0.15, 0.2) is 158 Å². The topological polar surface area (TPSA) is 159 Å². The second-order valence-electron chi connectivity index (χ2n) is 15.8. The maximum atomic E-state index is 16.6. The molecule has 6 aromatic carbocycles. The van der Waals surface area contributed by atoms with Crippen molar-refractivity contribution in [1.82, 2.24) is 0 Å². The summed E-state index contributed by atoms with van der Waals surface area (Å²) in [7, 11) is 0. The monoisotopic (exact) mass is 924 g/mol. The molecule has 1 fully saturated rings. The van der Waals surface area contributed by atoms with E-state index in [2.05, 4.69) is 0 Å². The van der Waals surface area contributed by atoms with Gasteiger partial charge in [0, 0.05) is 18.9 Å². The molecule has 0 radical (unpaired) electrons. The van der Waals surface area contributed by atoms with Crippen molar-refractivity contribution in [3.05, 3.63) is 202 Å². The molecule has 7 rings (SSSR count). The van der Waals surface area contributed by atoms with E-state index in [-0.39, 0.29) is 52.2 Å². The van der Waals surface area contributed by atoms with Crippen molar-refractivity contribution in [3.8, 4) is 11.5 Å². The predicted molar refractivity (Wildman–Crippen MR) is 244 cm³/mol. The number of esters is 5. The van der Waals surface area contributed by atoms with Crippen LogP contribution in [0.2, 0.25) is 0 Å². The standard InChI is InChI=1S/C54H49FO13/c1-4-29-61-42-27-25-36(26-28-42)30-43-44(55)31-37(33-62-35(3)56)32-45(43)64-54-49(67-53(60)41-23-15-8-16-24-41)48(66-52(59)40-21-13-7-14-22-40)47(65-51(58)39-19-11-6-12-20-39)46(68-54)34(2)63-50(57)38-17-9-5-10-18-38/h5-28,31-32,34,46-49,54H,4,29-30,33H2,1-3H3/t34-,46-,47-,48+,49-,54-/m1/s1. The van der Waals surface area contributed by atoms with E-state index in [1.807, 2.05) is 6.92 Å². The number of hydrogen-bond acceptors (Lipinski definition) is 13. The quantitative estimate of drug-likeness (QED) is 0.0594. The molecule has 0 unspecified atom stereocenters. The van der Waals surface area contributed by atoms with Crippen LogP contribution in [0, 0.1) is 5.82 Å². The smallest absolute Gasteiger partial charge is 0.338 e. The van der Waals surface area contributed by atoms with E-state index < -0.39 is 72.5 Å². The lowest BCUT2D eigenvalue weighted by Crippen LogP contribution is -2.65. The maximum absolute atomic E-state index is 16.6. The van der Waals surface area contributed by atoms with Crippen LogP contribution in [-0.2, 0) is 46.2 Å². The molecule has 13 nitrogen and oxygen atoms in total. The third kappa shape index (κ3) is 12.5. The summed E-state index contributed by atoms with van der Waals surface area (Å²) in [6.07, 6.45) is -9.06. The highest BCUT2D eigenvalue weighted by Gasteiger charge is 2.56. The summed E-state index contributed by atoms with van der Waals surface area (Å²) < 4.78 is 65.6. The van der Waals surface area contributed by atoms with Gasteiger partial charge in [0.05, 0.1) is 28.9 Å². The van der Waals surface area contributed by atoms with Crippen LogP contribution in [0.5, 0.6) is 11.5 Å². The molecule has 1 aliphatic rings. The van der Waals surface area contributed by atoms with Crippen LogP contribution in [0.1, 0.15) is 85.3 Å². The van der Waals surface area contributed by atoms with Gasteiger partial charge in [0.15, 0.2) is 12.2 Å². The second kappa shape index (κ2) is 23.1. The molecular formula is C54H49FO13. The van der Waals surface area contributed by atoms with Gasteiger partial charge in [-0.15, -0.1) is 0 Å². The molecule has 1 aliphatic heterocycles. The van der Waals surface area contributed by atoms with Crippen LogP contribution in [0.25, 0.3) is 0 Å². The van der Waals surface area contributed by atoms with E-state index in [1.54, 1.807) is 109 Å². The first-order valence-corrected chi connectivity index (χ1v) is 22.0. The molecule has 0 N–H and O–H groups in total. The lowest BCUT2D eigenvalue weighted by molar-refractivity contribution is -0.284. The summed E-state index contributed by atoms with van der Waals surface area (Å²) in [6, 6.07) is 41.6. The zero-order valence-electron chi connectivity index (χ0n) is 37.5. The van der Waals surface area contributed by atoms with E-state index in [4.69, 9.17) is 37.9 Å². The minimum atomic E-state index is -1.81. The highest BCUT2D eigenvalue weighted by Crippen LogP contribution is 2.37. The molecule has 0 amide bonds. The molecule has 14 heteroatoms. The van der Waals surface area contributed by atoms with Gasteiger partial charge < -0.3 is 37.9 Å². The fourth-order valence-corrected chi connectivity index (χ4v) is 7.34. The third-order valence-electron chi connectivity index (χ3n) is 10.7. The van der Waals surface area contributed by atoms with Crippen LogP contribution in [0.4, 0.5) is 4.39 Å². The first-order chi connectivity index (χ1) is 33.0. The Morgan fingerprint density at radius 1 is 0.603 bits per heavy atom. The Kier molecular flexibility index (Phi) is 16.3. The van der Waals surface area contributed by atoms with Crippen LogP contribution in [0.3, 0.4) is 0 Å². The van der Waals surface area contributed by atoms with Gasteiger partial charge >= 0.3 is 29.8 Å². The Hall–Kier alpha value is -7.84. The second-order valence-corrected chi connectivity index (χ2v) is 15.8. The number of rotatable bonds is 18. The number of carbonyl (C=O) groups excluding carboxylic acids is 5. The SMILES string of the molecule is CCCOc1ccc(Cc2c(F)cc(COC(C)=O)cc2O[C@@H]2O[C@H]([C@@H](C)OC(=O)c3ccccc3)[C@@H](OC(=O)c3ccccc3)[C@H](OC(=O)c3ccccc3)[C@H]2OC(=O)c2ccccc2)cc1. The number of hydrogen-bond donors (Lipinski definition) is 0. The first kappa shape index (κ1) is 48.1. The van der Waals surface area contributed by atoms with E-state index in [0.717, 1.165) is 6.42 Å². The maximum Gasteiger partial charge on any atom is 0.338 e. The molecule has 0 spiro atoms. The van der Waals surface area contributed by atoms with Gasteiger partial charge in [-0.3, -0.25) is 4.79 Å². The Morgan fingerprint density at radius 3 is 1.59 bits per heavy atom. The average Bonchev–Trinajstić information content (AvgIpc) is 3.36. The van der Waals surface area contributed by atoms with Gasteiger partial charge in [-0.05, 0) is 97.3 Å². The van der Waals surface area contributed by atoms with Gasteiger partial charge in [0.1, 0.15) is 36.1 Å². The highest BCUT2D eigenvalue weighted by atomic mass is 19.1. The predicted octanol–water partition coefficient (Wildman–Crippen LogP) is 9.29. The summed E-state index contributed by atoms with van der Waals surface area (Å²) in [5.74, 6) is -4.35. The Labute approximate surface area is 392 Å². The summed E-state index contributed by atoms with van der Waals surface area (Å²) in [5.41, 5.74) is 1.35. The third-order valence-corrected chi connectivity index (χ3v) is 10.7. The van der Waals surface area contributed by atoms with E-state index in [9.17, 15) is 24.0 Å². The minimum Gasteiger partial charge on any atom is -0.494 e. The van der Waals surface area contributed by atoms with Gasteiger partial charge in [0.2, 0.25) is 12.4 Å². The Morgan fingerprint density at radius 2 is 1.09 bits per heavy atom. The zero-order chi connectivity index (χ0) is 48.0. The molecule has 0 bridgehead atoms. The molecule has 0 saturated carbocycles. The number of carbonyl (C=O) groups is 5. The summed E-state index contributed by atoms with van der Waals surface area (Å²) >= 11 is 0. The molecule has 6 atom stereocenters. The molecule has 0 aromatic heterocycles. The Bertz CT molecular complexity index is 2650. The lowest BCUT2D eigenvalue weighted by atomic mass is 9.94. The minimum absolute atomic E-state index is 0.0195. The number of benzene rings is 6.